The van der Waals surface area contributed by atoms with Crippen LogP contribution in [-0.2, 0) is 0 Å². The van der Waals surface area contributed by atoms with Gasteiger partial charge in [-0.2, -0.15) is 0 Å². The SMILES string of the molecule is CCCOc1cccc2cc(C=O)cc(OCCC)c12. The summed E-state index contributed by atoms with van der Waals surface area (Å²) in [4.78, 5) is 11.0. The minimum absolute atomic E-state index is 0.622. The van der Waals surface area contributed by atoms with Crippen LogP contribution in [0.25, 0.3) is 10.8 Å². The number of ether oxygens (including phenoxy) is 2. The zero-order valence-corrected chi connectivity index (χ0v) is 12.0. The van der Waals surface area contributed by atoms with E-state index in [0.29, 0.717) is 18.8 Å². The molecule has 2 rings (SSSR count). The van der Waals surface area contributed by atoms with Crippen LogP contribution in [0.2, 0.25) is 0 Å². The van der Waals surface area contributed by atoms with Crippen LogP contribution in [0.15, 0.2) is 30.3 Å². The van der Waals surface area contributed by atoms with Crippen molar-refractivity contribution in [2.75, 3.05) is 13.2 Å². The average molecular weight is 272 g/mol. The second-order valence-electron chi connectivity index (χ2n) is 4.69. The van der Waals surface area contributed by atoms with E-state index in [4.69, 9.17) is 9.47 Å². The lowest BCUT2D eigenvalue weighted by Crippen LogP contribution is -2.00. The zero-order valence-electron chi connectivity index (χ0n) is 12.0. The normalized spacial score (nSPS) is 10.5. The van der Waals surface area contributed by atoms with Crippen molar-refractivity contribution in [2.45, 2.75) is 26.7 Å². The molecular formula is C17H20O3. The van der Waals surface area contributed by atoms with Gasteiger partial charge in [0.15, 0.2) is 0 Å². The highest BCUT2D eigenvalue weighted by molar-refractivity contribution is 5.97. The Bertz CT molecular complexity index is 590. The first-order valence-corrected chi connectivity index (χ1v) is 7.07. The molecule has 0 unspecified atom stereocenters. The van der Waals surface area contributed by atoms with Gasteiger partial charge in [-0.3, -0.25) is 4.79 Å². The van der Waals surface area contributed by atoms with Gasteiger partial charge >= 0.3 is 0 Å². The van der Waals surface area contributed by atoms with Crippen LogP contribution >= 0.6 is 0 Å². The number of benzene rings is 2. The summed E-state index contributed by atoms with van der Waals surface area (Å²) < 4.78 is 11.6. The molecule has 20 heavy (non-hydrogen) atoms. The van der Waals surface area contributed by atoms with Crippen LogP contribution in [0.4, 0.5) is 0 Å². The first kappa shape index (κ1) is 14.4. The number of carbonyl (C=O) groups is 1. The van der Waals surface area contributed by atoms with Crippen molar-refractivity contribution in [3.8, 4) is 11.5 Å². The first-order chi connectivity index (χ1) is 9.80. The van der Waals surface area contributed by atoms with Crippen LogP contribution in [0, 0.1) is 0 Å². The lowest BCUT2D eigenvalue weighted by atomic mass is 10.1. The van der Waals surface area contributed by atoms with Crippen molar-refractivity contribution < 1.29 is 14.3 Å². The van der Waals surface area contributed by atoms with Crippen molar-refractivity contribution in [2.24, 2.45) is 0 Å². The highest BCUT2D eigenvalue weighted by atomic mass is 16.5. The van der Waals surface area contributed by atoms with Gasteiger partial charge in [0.05, 0.1) is 18.6 Å². The third-order valence-electron chi connectivity index (χ3n) is 2.98. The predicted octanol–water partition coefficient (Wildman–Crippen LogP) is 4.23. The number of fused-ring (bicyclic) bond motifs is 1. The lowest BCUT2D eigenvalue weighted by Gasteiger charge is -2.14. The summed E-state index contributed by atoms with van der Waals surface area (Å²) >= 11 is 0. The Hall–Kier alpha value is -2.03. The lowest BCUT2D eigenvalue weighted by molar-refractivity contribution is 0.112. The van der Waals surface area contributed by atoms with E-state index in [1.54, 1.807) is 6.07 Å². The second kappa shape index (κ2) is 6.94. The fourth-order valence-electron chi connectivity index (χ4n) is 2.10. The van der Waals surface area contributed by atoms with Gasteiger partial charge in [-0.05, 0) is 36.4 Å². The number of rotatable bonds is 7. The summed E-state index contributed by atoms with van der Waals surface area (Å²) in [5, 5.41) is 1.91. The molecule has 0 N–H and O–H groups in total. The van der Waals surface area contributed by atoms with Crippen molar-refractivity contribution in [3.63, 3.8) is 0 Å². The highest BCUT2D eigenvalue weighted by Crippen LogP contribution is 2.35. The standard InChI is InChI=1S/C17H20O3/c1-3-8-19-15-7-5-6-14-10-13(12-18)11-16(17(14)15)20-9-4-2/h5-7,10-12H,3-4,8-9H2,1-2H3. The van der Waals surface area contributed by atoms with Gasteiger partial charge in [-0.25, -0.2) is 0 Å². The molecule has 106 valence electrons. The molecule has 0 radical (unpaired) electrons. The average Bonchev–Trinajstić information content (AvgIpc) is 2.49. The smallest absolute Gasteiger partial charge is 0.150 e. The van der Waals surface area contributed by atoms with Crippen molar-refractivity contribution in [1.82, 2.24) is 0 Å². The molecule has 3 nitrogen and oxygen atoms in total. The fraction of sp³-hybridized carbons (Fsp3) is 0.353. The number of hydrogen-bond acceptors (Lipinski definition) is 3. The summed E-state index contributed by atoms with van der Waals surface area (Å²) in [6, 6.07) is 9.49. The maximum Gasteiger partial charge on any atom is 0.150 e. The van der Waals surface area contributed by atoms with Gasteiger partial charge in [0, 0.05) is 5.56 Å². The number of hydrogen-bond donors (Lipinski definition) is 0. The Morgan fingerprint density at radius 3 is 2.35 bits per heavy atom. The third kappa shape index (κ3) is 3.10. The first-order valence-electron chi connectivity index (χ1n) is 7.07. The largest absolute Gasteiger partial charge is 0.493 e. The molecule has 0 amide bonds. The van der Waals surface area contributed by atoms with Crippen molar-refractivity contribution >= 4 is 17.1 Å². The van der Waals surface area contributed by atoms with Gasteiger partial charge in [-0.1, -0.05) is 26.0 Å². The quantitative estimate of drug-likeness (QED) is 0.707. The Kier molecular flexibility index (Phi) is 4.99. The maximum atomic E-state index is 11.0. The van der Waals surface area contributed by atoms with Crippen LogP contribution in [-0.4, -0.2) is 19.5 Å². The molecule has 0 bridgehead atoms. The summed E-state index contributed by atoms with van der Waals surface area (Å²) in [5.74, 6) is 1.53. The van der Waals surface area contributed by atoms with Gasteiger partial charge in [0.1, 0.15) is 17.8 Å². The fourth-order valence-corrected chi connectivity index (χ4v) is 2.10. The van der Waals surface area contributed by atoms with Crippen molar-refractivity contribution in [3.05, 3.63) is 35.9 Å². The van der Waals surface area contributed by atoms with Crippen LogP contribution in [0.5, 0.6) is 11.5 Å². The van der Waals surface area contributed by atoms with E-state index >= 15 is 0 Å². The molecule has 0 saturated carbocycles. The van der Waals surface area contributed by atoms with Crippen LogP contribution in [0.3, 0.4) is 0 Å². The summed E-state index contributed by atoms with van der Waals surface area (Å²) in [6.45, 7) is 5.42. The van der Waals surface area contributed by atoms with Crippen LogP contribution < -0.4 is 9.47 Å². The van der Waals surface area contributed by atoms with Crippen LogP contribution in [0.1, 0.15) is 37.0 Å². The molecule has 0 aliphatic rings. The van der Waals surface area contributed by atoms with Gasteiger partial charge in [0.25, 0.3) is 0 Å². The van der Waals surface area contributed by atoms with E-state index in [9.17, 15) is 4.79 Å². The highest BCUT2D eigenvalue weighted by Gasteiger charge is 2.10. The molecule has 0 spiro atoms. The second-order valence-corrected chi connectivity index (χ2v) is 4.69. The molecule has 3 heteroatoms. The molecule has 0 aromatic heterocycles. The van der Waals surface area contributed by atoms with E-state index in [2.05, 4.69) is 13.8 Å². The third-order valence-corrected chi connectivity index (χ3v) is 2.98. The minimum Gasteiger partial charge on any atom is -0.493 e. The number of aldehydes is 1. The van der Waals surface area contributed by atoms with E-state index < -0.39 is 0 Å². The predicted molar refractivity (Wildman–Crippen MR) is 80.9 cm³/mol. The Morgan fingerprint density at radius 2 is 1.70 bits per heavy atom. The van der Waals surface area contributed by atoms with E-state index in [1.165, 1.54) is 0 Å². The summed E-state index contributed by atoms with van der Waals surface area (Å²) in [7, 11) is 0. The van der Waals surface area contributed by atoms with Gasteiger partial charge in [0.2, 0.25) is 0 Å². The molecule has 0 heterocycles. The minimum atomic E-state index is 0.622. The Labute approximate surface area is 119 Å². The molecule has 0 aliphatic carbocycles. The number of carbonyl (C=O) groups excluding carboxylic acids is 1. The van der Waals surface area contributed by atoms with Gasteiger partial charge < -0.3 is 9.47 Å². The molecule has 0 atom stereocenters. The topological polar surface area (TPSA) is 35.5 Å². The molecule has 0 saturated heterocycles. The summed E-state index contributed by atoms with van der Waals surface area (Å²) in [5.41, 5.74) is 0.622. The molecule has 2 aromatic carbocycles. The molecule has 0 aliphatic heterocycles. The van der Waals surface area contributed by atoms with Gasteiger partial charge in [-0.15, -0.1) is 0 Å². The maximum absolute atomic E-state index is 11.0. The van der Waals surface area contributed by atoms with E-state index in [0.717, 1.165) is 41.4 Å². The Morgan fingerprint density at radius 1 is 1.00 bits per heavy atom. The molecule has 0 fully saturated rings. The van der Waals surface area contributed by atoms with E-state index in [1.807, 2.05) is 24.3 Å². The molecule has 2 aromatic rings. The summed E-state index contributed by atoms with van der Waals surface area (Å²) in [6.07, 6.45) is 2.72. The monoisotopic (exact) mass is 272 g/mol. The van der Waals surface area contributed by atoms with Crippen molar-refractivity contribution in [1.29, 1.82) is 0 Å². The molecular weight excluding hydrogens is 252 g/mol. The zero-order chi connectivity index (χ0) is 14.4. The Balaban J connectivity index is 2.54. The van der Waals surface area contributed by atoms with E-state index in [-0.39, 0.29) is 0 Å².